The molecule has 3 heterocycles. The molecule has 2 aliphatic carbocycles. The van der Waals surface area contributed by atoms with Gasteiger partial charge < -0.3 is 9.47 Å². The maximum Gasteiger partial charge on any atom is 0.222 e. The average molecular weight is 436 g/mol. The Morgan fingerprint density at radius 3 is 2.87 bits per heavy atom. The van der Waals surface area contributed by atoms with Gasteiger partial charge in [-0.15, -0.1) is 21.5 Å². The van der Waals surface area contributed by atoms with Crippen molar-refractivity contribution >= 4 is 27.5 Å². The van der Waals surface area contributed by atoms with E-state index < -0.39 is 0 Å². The number of likely N-dealkylation sites (tertiary alicyclic amines) is 1. The van der Waals surface area contributed by atoms with Gasteiger partial charge in [0, 0.05) is 32.0 Å². The fourth-order valence-corrected chi connectivity index (χ4v) is 6.49. The number of aromatic nitrogens is 4. The summed E-state index contributed by atoms with van der Waals surface area (Å²) in [6.45, 7) is 2.75. The van der Waals surface area contributed by atoms with Crippen molar-refractivity contribution in [3.05, 3.63) is 41.4 Å². The van der Waals surface area contributed by atoms with E-state index in [4.69, 9.17) is 4.98 Å². The zero-order valence-corrected chi connectivity index (χ0v) is 18.7. The monoisotopic (exact) mass is 435 g/mol. The molecule has 3 fully saturated rings. The molecule has 3 aromatic rings. The number of para-hydroxylation sites is 1. The lowest BCUT2D eigenvalue weighted by molar-refractivity contribution is -0.130. The van der Waals surface area contributed by atoms with Gasteiger partial charge in [0.2, 0.25) is 5.91 Å². The van der Waals surface area contributed by atoms with E-state index in [1.807, 2.05) is 12.4 Å². The average Bonchev–Trinajstić information content (AvgIpc) is 3.15. The number of hydrogen-bond acceptors (Lipinski definition) is 5. The van der Waals surface area contributed by atoms with Crippen LogP contribution in [0.1, 0.15) is 61.7 Å². The molecule has 1 amide bonds. The molecule has 1 spiro atoms. The Balaban J connectivity index is 1.10. The highest BCUT2D eigenvalue weighted by molar-refractivity contribution is 7.18. The molecule has 0 radical (unpaired) electrons. The van der Waals surface area contributed by atoms with E-state index in [-0.39, 0.29) is 5.41 Å². The van der Waals surface area contributed by atoms with Gasteiger partial charge >= 0.3 is 0 Å². The number of benzene rings is 1. The number of carbonyl (C=O) groups is 1. The Morgan fingerprint density at radius 2 is 2.10 bits per heavy atom. The summed E-state index contributed by atoms with van der Waals surface area (Å²) in [4.78, 5) is 19.9. The minimum atomic E-state index is 0.233. The number of amides is 1. The fourth-order valence-electron chi connectivity index (χ4n) is 5.48. The maximum atomic E-state index is 13.1. The lowest BCUT2D eigenvalue weighted by Crippen LogP contribution is -2.38. The summed E-state index contributed by atoms with van der Waals surface area (Å²) in [6, 6.07) is 8.26. The van der Waals surface area contributed by atoms with E-state index >= 15 is 0 Å². The Morgan fingerprint density at radius 1 is 1.23 bits per heavy atom. The molecular weight excluding hydrogens is 406 g/mol. The van der Waals surface area contributed by atoms with Gasteiger partial charge in [-0.2, -0.15) is 0 Å². The summed E-state index contributed by atoms with van der Waals surface area (Å²) in [5, 5.41) is 9.92. The van der Waals surface area contributed by atoms with Gasteiger partial charge in [-0.25, -0.2) is 4.98 Å². The first-order valence-corrected chi connectivity index (χ1v) is 12.5. The quantitative estimate of drug-likeness (QED) is 0.551. The third-order valence-electron chi connectivity index (χ3n) is 7.58. The first-order valence-electron chi connectivity index (χ1n) is 11.7. The number of rotatable bonds is 7. The van der Waals surface area contributed by atoms with Crippen molar-refractivity contribution in [2.45, 2.75) is 63.8 Å². The van der Waals surface area contributed by atoms with E-state index in [1.165, 1.54) is 36.8 Å². The molecule has 3 aliphatic rings. The Hall–Kier alpha value is -2.28. The van der Waals surface area contributed by atoms with Crippen LogP contribution in [-0.2, 0) is 17.8 Å². The van der Waals surface area contributed by atoms with Crippen LogP contribution in [0.2, 0.25) is 0 Å². The summed E-state index contributed by atoms with van der Waals surface area (Å²) in [6.07, 6.45) is 10.6. The second-order valence-electron chi connectivity index (χ2n) is 9.76. The molecule has 1 saturated heterocycles. The Kier molecular flexibility index (Phi) is 4.82. The number of aryl methyl sites for hydroxylation is 1. The van der Waals surface area contributed by atoms with Crippen molar-refractivity contribution in [2.24, 2.45) is 11.3 Å². The van der Waals surface area contributed by atoms with Crippen molar-refractivity contribution in [2.75, 3.05) is 13.1 Å². The standard InChI is InChI=1S/C24H29N5OS/c30-22(8-3-7-21-26-19-5-1-2-6-20(19)31-21)28-14-18(24(15-28)11-4-12-24)23-27-25-16-29(23)13-17-9-10-17/h1-2,5-6,16-18H,3-4,7-15H2. The van der Waals surface area contributed by atoms with Crippen molar-refractivity contribution in [1.29, 1.82) is 0 Å². The second kappa shape index (κ2) is 7.69. The molecular formula is C24H29N5OS. The number of fused-ring (bicyclic) bond motifs is 1. The minimum absolute atomic E-state index is 0.233. The van der Waals surface area contributed by atoms with Gasteiger partial charge in [-0.3, -0.25) is 4.79 Å². The third-order valence-corrected chi connectivity index (χ3v) is 8.67. The normalized spacial score (nSPS) is 22.3. The molecule has 0 bridgehead atoms. The van der Waals surface area contributed by atoms with Crippen molar-refractivity contribution in [1.82, 2.24) is 24.6 Å². The van der Waals surface area contributed by atoms with Gasteiger partial charge in [-0.1, -0.05) is 18.6 Å². The van der Waals surface area contributed by atoms with Crippen LogP contribution < -0.4 is 0 Å². The largest absolute Gasteiger partial charge is 0.341 e. The zero-order valence-electron chi connectivity index (χ0n) is 17.9. The molecule has 7 heteroatoms. The van der Waals surface area contributed by atoms with Crippen LogP contribution in [0.4, 0.5) is 0 Å². The molecule has 6 rings (SSSR count). The number of hydrogen-bond donors (Lipinski definition) is 0. The number of carbonyl (C=O) groups excluding carboxylic acids is 1. The summed E-state index contributed by atoms with van der Waals surface area (Å²) >= 11 is 1.75. The molecule has 2 aromatic heterocycles. The van der Waals surface area contributed by atoms with Crippen LogP contribution in [0, 0.1) is 11.3 Å². The molecule has 31 heavy (non-hydrogen) atoms. The van der Waals surface area contributed by atoms with Crippen LogP contribution in [-0.4, -0.2) is 43.6 Å². The van der Waals surface area contributed by atoms with Gasteiger partial charge in [0.05, 0.1) is 15.2 Å². The molecule has 1 aliphatic heterocycles. The fraction of sp³-hybridized carbons (Fsp3) is 0.583. The van der Waals surface area contributed by atoms with Crippen molar-refractivity contribution in [3.63, 3.8) is 0 Å². The maximum absolute atomic E-state index is 13.1. The van der Waals surface area contributed by atoms with E-state index in [9.17, 15) is 4.79 Å². The second-order valence-corrected chi connectivity index (χ2v) is 10.9. The topological polar surface area (TPSA) is 63.9 Å². The van der Waals surface area contributed by atoms with Crippen LogP contribution >= 0.6 is 11.3 Å². The molecule has 6 nitrogen and oxygen atoms in total. The van der Waals surface area contributed by atoms with Crippen LogP contribution in [0.3, 0.4) is 0 Å². The molecule has 0 N–H and O–H groups in total. The first-order chi connectivity index (χ1) is 15.2. The lowest BCUT2D eigenvalue weighted by Gasteiger charge is -2.42. The smallest absolute Gasteiger partial charge is 0.222 e. The number of nitrogens with zero attached hydrogens (tertiary/aromatic N) is 5. The summed E-state index contributed by atoms with van der Waals surface area (Å²) in [7, 11) is 0. The van der Waals surface area contributed by atoms with E-state index in [2.05, 4.69) is 37.9 Å². The minimum Gasteiger partial charge on any atom is -0.341 e. The van der Waals surface area contributed by atoms with Gasteiger partial charge in [-0.05, 0) is 62.0 Å². The predicted molar refractivity (Wildman–Crippen MR) is 121 cm³/mol. The van der Waals surface area contributed by atoms with E-state index in [0.717, 1.165) is 54.7 Å². The van der Waals surface area contributed by atoms with E-state index in [0.29, 0.717) is 18.2 Å². The molecule has 1 atom stereocenters. The van der Waals surface area contributed by atoms with Crippen LogP contribution in [0.25, 0.3) is 10.2 Å². The number of thiazole rings is 1. The van der Waals surface area contributed by atoms with Gasteiger partial charge in [0.1, 0.15) is 12.2 Å². The molecule has 2 saturated carbocycles. The lowest BCUT2D eigenvalue weighted by atomic mass is 9.62. The first kappa shape index (κ1) is 19.4. The molecule has 162 valence electrons. The van der Waals surface area contributed by atoms with Gasteiger partial charge in [0.15, 0.2) is 0 Å². The Labute approximate surface area is 186 Å². The van der Waals surface area contributed by atoms with Crippen LogP contribution in [0.15, 0.2) is 30.6 Å². The molecule has 1 aromatic carbocycles. The SMILES string of the molecule is O=C(CCCc1nc2ccccc2s1)N1CC(c2nncn2CC2CC2)C2(CCC2)C1. The summed E-state index contributed by atoms with van der Waals surface area (Å²) < 4.78 is 3.51. The third kappa shape index (κ3) is 3.67. The highest BCUT2D eigenvalue weighted by Crippen LogP contribution is 2.55. The summed E-state index contributed by atoms with van der Waals surface area (Å²) in [5.41, 5.74) is 1.30. The van der Waals surface area contributed by atoms with Gasteiger partial charge in [0.25, 0.3) is 0 Å². The Bertz CT molecular complexity index is 1060. The highest BCUT2D eigenvalue weighted by Gasteiger charge is 2.53. The predicted octanol–water partition coefficient (Wildman–Crippen LogP) is 4.42. The van der Waals surface area contributed by atoms with Crippen molar-refractivity contribution in [3.8, 4) is 0 Å². The van der Waals surface area contributed by atoms with E-state index in [1.54, 1.807) is 11.3 Å². The summed E-state index contributed by atoms with van der Waals surface area (Å²) in [5.74, 6) is 2.56. The highest BCUT2D eigenvalue weighted by atomic mass is 32.1. The zero-order chi connectivity index (χ0) is 20.8. The van der Waals surface area contributed by atoms with Crippen molar-refractivity contribution < 1.29 is 4.79 Å². The van der Waals surface area contributed by atoms with Crippen LogP contribution in [0.5, 0.6) is 0 Å². The molecule has 1 unspecified atom stereocenters.